The molecule has 4 nitrogen and oxygen atoms in total. The molecule has 4 atom stereocenters. The predicted octanol–water partition coefficient (Wildman–Crippen LogP) is 5.73. The van der Waals surface area contributed by atoms with Crippen molar-refractivity contribution in [1.82, 2.24) is 0 Å². The van der Waals surface area contributed by atoms with Crippen molar-refractivity contribution < 1.29 is 19.1 Å². The van der Waals surface area contributed by atoms with Crippen molar-refractivity contribution in [3.63, 3.8) is 0 Å². The second-order valence-corrected chi connectivity index (χ2v) is 20.7. The van der Waals surface area contributed by atoms with Gasteiger partial charge in [0.2, 0.25) is 0 Å². The van der Waals surface area contributed by atoms with Crippen molar-refractivity contribution in [3.05, 3.63) is 24.3 Å². The Labute approximate surface area is 214 Å². The molecule has 188 valence electrons. The zero-order valence-corrected chi connectivity index (χ0v) is 26.2. The van der Waals surface area contributed by atoms with Crippen LogP contribution in [0.1, 0.15) is 54.4 Å². The summed E-state index contributed by atoms with van der Waals surface area (Å²) in [5.41, 5.74) is 0. The third-order valence-electron chi connectivity index (χ3n) is 6.55. The van der Waals surface area contributed by atoms with Gasteiger partial charge in [0, 0.05) is 12.8 Å². The summed E-state index contributed by atoms with van der Waals surface area (Å²) in [4.78, 5) is 0. The first-order valence-electron chi connectivity index (χ1n) is 10.5. The molecule has 0 bridgehead atoms. The van der Waals surface area contributed by atoms with Crippen LogP contribution in [0.25, 0.3) is 0 Å². The molecule has 0 aromatic rings. The molecule has 9 heteroatoms. The van der Waals surface area contributed by atoms with Gasteiger partial charge in [0.25, 0.3) is 0 Å². The van der Waals surface area contributed by atoms with E-state index in [0.717, 1.165) is 12.8 Å². The van der Waals surface area contributed by atoms with Gasteiger partial charge in [0.15, 0.2) is 16.6 Å². The van der Waals surface area contributed by atoms with Gasteiger partial charge in [-0.3, -0.25) is 0 Å². The molecular weight excluding hydrogens is 481 g/mol. The first-order chi connectivity index (χ1) is 12.4. The van der Waals surface area contributed by atoms with Gasteiger partial charge >= 0.3 is 0 Å². The summed E-state index contributed by atoms with van der Waals surface area (Å²) in [7, 11) is -3.32. The summed E-state index contributed by atoms with van der Waals surface area (Å²) in [5.74, 6) is 0. The lowest BCUT2D eigenvalue weighted by Gasteiger charge is -2.38. The van der Waals surface area contributed by atoms with Gasteiger partial charge in [-0.15, -0.1) is 0 Å². The Hall–Kier alpha value is 0.804. The minimum absolute atomic E-state index is 0. The molecule has 0 amide bonds. The molecule has 0 radical (unpaired) electrons. The van der Waals surface area contributed by atoms with Crippen molar-refractivity contribution in [2.24, 2.45) is 0 Å². The molecule has 31 heavy (non-hydrogen) atoms. The summed E-state index contributed by atoms with van der Waals surface area (Å²) in [6, 6.07) is 0. The van der Waals surface area contributed by atoms with Crippen LogP contribution in [-0.2, 0) is 8.85 Å². The normalized spacial score (nSPS) is 25.7. The molecule has 2 aliphatic rings. The van der Waals surface area contributed by atoms with Gasteiger partial charge in [-0.25, -0.2) is 0 Å². The Morgan fingerprint density at radius 2 is 0.871 bits per heavy atom. The van der Waals surface area contributed by atoms with E-state index in [2.05, 4.69) is 67.7 Å². The third-order valence-corrected chi connectivity index (χ3v) is 15.6. The van der Waals surface area contributed by atoms with E-state index in [9.17, 15) is 10.2 Å². The van der Waals surface area contributed by atoms with Crippen molar-refractivity contribution in [3.8, 4) is 0 Å². The van der Waals surface area contributed by atoms with Crippen molar-refractivity contribution >= 4 is 57.1 Å². The molecule has 0 aromatic carbocycles. The van der Waals surface area contributed by atoms with E-state index in [0.29, 0.717) is 0 Å². The summed E-state index contributed by atoms with van der Waals surface area (Å²) in [5, 5.41) is 19.2. The van der Waals surface area contributed by atoms with E-state index in [-0.39, 0.29) is 75.0 Å². The monoisotopic (exact) mass is 530 g/mol. The Kier molecular flexibility index (Phi) is 16.0. The lowest BCUT2D eigenvalue weighted by atomic mass is 10.2. The molecule has 0 saturated heterocycles. The van der Waals surface area contributed by atoms with E-state index in [1.165, 1.54) is 0 Å². The van der Waals surface area contributed by atoms with Crippen LogP contribution < -0.4 is 0 Å². The largest absolute Gasteiger partial charge is 0.410 e. The molecule has 0 spiro atoms. The van der Waals surface area contributed by atoms with Gasteiger partial charge in [0.1, 0.15) is 0 Å². The number of rotatable bonds is 4. The summed E-state index contributed by atoms with van der Waals surface area (Å²) < 4.78 is 12.3. The van der Waals surface area contributed by atoms with Gasteiger partial charge in [-0.05, 0) is 36.3 Å². The first-order valence-corrected chi connectivity index (χ1v) is 16.3. The zero-order chi connectivity index (χ0) is 22.0. The molecule has 2 N–H and O–H groups in total. The number of hydrogen-bond donors (Lipinski definition) is 2. The average molecular weight is 531 g/mol. The molecule has 0 saturated carbocycles. The molecule has 0 aliphatic heterocycles. The average Bonchev–Trinajstić information content (AvgIpc) is 3.05. The van der Waals surface area contributed by atoms with Crippen molar-refractivity contribution in [2.45, 2.75) is 115 Å². The topological polar surface area (TPSA) is 58.9 Å². The van der Waals surface area contributed by atoms with Crippen LogP contribution in [0, 0.1) is 0 Å². The Balaban J connectivity index is -0.000000461. The zero-order valence-electron chi connectivity index (χ0n) is 21.2. The van der Waals surface area contributed by atoms with Gasteiger partial charge in [0.05, 0.1) is 24.4 Å². The predicted molar refractivity (Wildman–Crippen MR) is 155 cm³/mol. The Morgan fingerprint density at radius 3 is 1.03 bits per heavy atom. The fourth-order valence-corrected chi connectivity index (χ4v) is 5.15. The Bertz CT molecular complexity index is 520. The smallest absolute Gasteiger partial charge is 0.192 e. The quantitative estimate of drug-likeness (QED) is 0.360. The third kappa shape index (κ3) is 11.7. The summed E-state index contributed by atoms with van der Waals surface area (Å²) in [6.45, 7) is 22.3. The van der Waals surface area contributed by atoms with Crippen molar-refractivity contribution in [1.29, 1.82) is 0 Å². The maximum absolute atomic E-state index is 9.35. The molecule has 0 unspecified atom stereocenters. The SMILES string of the molecule is CC(C)(C)[Si](C)(C)O[C@@H]1C=C[C@@H](O)C1.CC(C)(C)[Si](C)(C)O[C@@H]1C=C[C@H](O)C1.S.S.S. The lowest BCUT2D eigenvalue weighted by molar-refractivity contribution is 0.155. The van der Waals surface area contributed by atoms with E-state index in [1.807, 2.05) is 24.3 Å². The van der Waals surface area contributed by atoms with Crippen LogP contribution in [0.15, 0.2) is 24.3 Å². The van der Waals surface area contributed by atoms with Crippen LogP contribution in [0.3, 0.4) is 0 Å². The highest BCUT2D eigenvalue weighted by molar-refractivity contribution is 7.59. The Morgan fingerprint density at radius 1 is 0.613 bits per heavy atom. The maximum Gasteiger partial charge on any atom is 0.192 e. The number of aliphatic hydroxyl groups is 2. The maximum atomic E-state index is 9.35. The number of aliphatic hydroxyl groups excluding tert-OH is 2. The van der Waals surface area contributed by atoms with E-state index < -0.39 is 16.6 Å². The fourth-order valence-electron chi connectivity index (χ4n) is 2.58. The summed E-state index contributed by atoms with van der Waals surface area (Å²) >= 11 is 0. The van der Waals surface area contributed by atoms with Crippen LogP contribution in [0.2, 0.25) is 36.3 Å². The fraction of sp³-hybridized carbons (Fsp3) is 0.818. The molecule has 0 fully saturated rings. The molecule has 2 aliphatic carbocycles. The first kappa shape index (κ1) is 36.4. The van der Waals surface area contributed by atoms with E-state index in [1.54, 1.807) is 0 Å². The molecule has 0 aromatic heterocycles. The summed E-state index contributed by atoms with van der Waals surface area (Å²) in [6.07, 6.45) is 8.76. The van der Waals surface area contributed by atoms with Gasteiger partial charge < -0.3 is 19.1 Å². The molecule has 0 heterocycles. The van der Waals surface area contributed by atoms with Crippen molar-refractivity contribution in [2.75, 3.05) is 0 Å². The van der Waals surface area contributed by atoms with Crippen LogP contribution in [-0.4, -0.2) is 51.3 Å². The highest BCUT2D eigenvalue weighted by Crippen LogP contribution is 2.39. The minimum atomic E-state index is -1.66. The second kappa shape index (κ2) is 13.6. The van der Waals surface area contributed by atoms with E-state index in [4.69, 9.17) is 8.85 Å². The molecule has 2 rings (SSSR count). The number of hydrogen-bond acceptors (Lipinski definition) is 4. The standard InChI is InChI=1S/2C11H22O2Si.3H2S/c2*1-11(2,3)14(4,5)13-10-7-6-9(12)8-10;;;/h2*6-7,9-10,12H,8H2,1-5H3;3*1H2/t9-,10+;9-,10-;;;/m01.../s1. The van der Waals surface area contributed by atoms with Crippen LogP contribution in [0.4, 0.5) is 0 Å². The minimum Gasteiger partial charge on any atom is -0.410 e. The van der Waals surface area contributed by atoms with Crippen LogP contribution in [0.5, 0.6) is 0 Å². The van der Waals surface area contributed by atoms with Crippen LogP contribution >= 0.6 is 40.5 Å². The van der Waals surface area contributed by atoms with E-state index >= 15 is 0 Å². The molecular formula is C22H50O4S3Si2. The highest BCUT2D eigenvalue weighted by Gasteiger charge is 2.40. The second-order valence-electron chi connectivity index (χ2n) is 11.2. The van der Waals surface area contributed by atoms with Gasteiger partial charge in [-0.2, -0.15) is 40.5 Å². The van der Waals surface area contributed by atoms with Gasteiger partial charge in [-0.1, -0.05) is 65.8 Å². The lowest BCUT2D eigenvalue weighted by Crippen LogP contribution is -2.43. The highest BCUT2D eigenvalue weighted by atomic mass is 32.1.